The highest BCUT2D eigenvalue weighted by Crippen LogP contribution is 2.20. The van der Waals surface area contributed by atoms with Crippen LogP contribution in [-0.4, -0.2) is 43.3 Å². The van der Waals surface area contributed by atoms with Gasteiger partial charge in [0.25, 0.3) is 0 Å². The topological polar surface area (TPSA) is 51.9 Å². The number of carbonyl (C=O) groups excluding carboxylic acids is 1. The van der Waals surface area contributed by atoms with Crippen LogP contribution >= 0.6 is 0 Å². The van der Waals surface area contributed by atoms with Crippen LogP contribution in [0.5, 0.6) is 0 Å². The first kappa shape index (κ1) is 14.1. The lowest BCUT2D eigenvalue weighted by molar-refractivity contribution is -0.0546. The maximum Gasteiger partial charge on any atom is 0.374 e. The average molecular weight is 267 g/mol. The van der Waals surface area contributed by atoms with Crippen molar-refractivity contribution in [3.05, 3.63) is 23.2 Å². The Balaban J connectivity index is 2.08. The van der Waals surface area contributed by atoms with Gasteiger partial charge in [-0.15, -0.1) is 0 Å². The van der Waals surface area contributed by atoms with Gasteiger partial charge in [0.05, 0.1) is 26.4 Å². The number of hydrogen-bond donors (Lipinski definition) is 0. The van der Waals surface area contributed by atoms with Crippen molar-refractivity contribution in [3.63, 3.8) is 0 Å². The third kappa shape index (κ3) is 3.16. The molecule has 0 aromatic carbocycles. The molecule has 1 saturated heterocycles. The number of esters is 1. The first-order chi connectivity index (χ1) is 9.01. The lowest BCUT2D eigenvalue weighted by Crippen LogP contribution is -2.46. The molecule has 106 valence electrons. The average Bonchev–Trinajstić information content (AvgIpc) is 2.74. The van der Waals surface area contributed by atoms with Gasteiger partial charge in [0.15, 0.2) is 0 Å². The van der Waals surface area contributed by atoms with Crippen molar-refractivity contribution in [2.24, 2.45) is 0 Å². The summed E-state index contributed by atoms with van der Waals surface area (Å²) < 4.78 is 15.9. The number of furan rings is 1. The number of rotatable bonds is 3. The highest BCUT2D eigenvalue weighted by atomic mass is 16.5. The molecule has 1 aliphatic rings. The second kappa shape index (κ2) is 5.75. The zero-order valence-corrected chi connectivity index (χ0v) is 11.9. The Morgan fingerprint density at radius 2 is 2.26 bits per heavy atom. The van der Waals surface area contributed by atoms with Crippen molar-refractivity contribution in [1.29, 1.82) is 0 Å². The summed E-state index contributed by atoms with van der Waals surface area (Å²) in [5.41, 5.74) is 0.816. The van der Waals surface area contributed by atoms with Crippen LogP contribution in [0.3, 0.4) is 0 Å². The van der Waals surface area contributed by atoms with Crippen LogP contribution in [0.2, 0.25) is 0 Å². The molecule has 1 aromatic rings. The quantitative estimate of drug-likeness (QED) is 0.784. The fraction of sp³-hybridized carbons (Fsp3) is 0.643. The monoisotopic (exact) mass is 267 g/mol. The third-order valence-electron chi connectivity index (χ3n) is 3.44. The summed E-state index contributed by atoms with van der Waals surface area (Å²) in [4.78, 5) is 13.8. The Morgan fingerprint density at radius 3 is 2.95 bits per heavy atom. The van der Waals surface area contributed by atoms with E-state index in [1.54, 1.807) is 0 Å². The van der Waals surface area contributed by atoms with Crippen LogP contribution in [0, 0.1) is 6.92 Å². The molecular formula is C14H21NO4. The Bertz CT molecular complexity index is 454. The molecule has 0 bridgehead atoms. The Kier molecular flexibility index (Phi) is 4.27. The van der Waals surface area contributed by atoms with E-state index in [1.165, 1.54) is 7.11 Å². The number of nitrogens with zero attached hydrogens (tertiary/aromatic N) is 1. The minimum Gasteiger partial charge on any atom is -0.463 e. The predicted molar refractivity (Wildman–Crippen MR) is 70.1 cm³/mol. The molecule has 2 rings (SSSR count). The number of methoxy groups -OCH3 is 1. The van der Waals surface area contributed by atoms with E-state index in [4.69, 9.17) is 13.9 Å². The summed E-state index contributed by atoms with van der Waals surface area (Å²) in [6.07, 6.45) is 0.229. The standard InChI is InChI=1S/C14H21NO4/c1-9-5-12(19-13(9)14(16)17-4)7-15-6-11(3)18-8-10(15)2/h5,10-11H,6-8H2,1-4H3/t10-,11+/m0/s1. The van der Waals surface area contributed by atoms with Crippen molar-refractivity contribution < 1.29 is 18.7 Å². The van der Waals surface area contributed by atoms with Crippen LogP contribution in [-0.2, 0) is 16.0 Å². The van der Waals surface area contributed by atoms with Gasteiger partial charge in [-0.1, -0.05) is 0 Å². The molecular weight excluding hydrogens is 246 g/mol. The van der Waals surface area contributed by atoms with E-state index >= 15 is 0 Å². The zero-order chi connectivity index (χ0) is 14.0. The number of carbonyl (C=O) groups is 1. The third-order valence-corrected chi connectivity index (χ3v) is 3.44. The summed E-state index contributed by atoms with van der Waals surface area (Å²) >= 11 is 0. The van der Waals surface area contributed by atoms with Crippen LogP contribution in [0.25, 0.3) is 0 Å². The molecule has 1 fully saturated rings. The van der Waals surface area contributed by atoms with Crippen LogP contribution in [0.4, 0.5) is 0 Å². The first-order valence-corrected chi connectivity index (χ1v) is 6.54. The molecule has 19 heavy (non-hydrogen) atoms. The number of hydrogen-bond acceptors (Lipinski definition) is 5. The van der Waals surface area contributed by atoms with Crippen LogP contribution < -0.4 is 0 Å². The normalized spacial score (nSPS) is 24.4. The van der Waals surface area contributed by atoms with Gasteiger partial charge in [-0.2, -0.15) is 0 Å². The van der Waals surface area contributed by atoms with Gasteiger partial charge in [-0.05, 0) is 26.8 Å². The van der Waals surface area contributed by atoms with Crippen LogP contribution in [0.15, 0.2) is 10.5 Å². The molecule has 0 unspecified atom stereocenters. The van der Waals surface area contributed by atoms with Crippen molar-refractivity contribution in [3.8, 4) is 0 Å². The number of ether oxygens (including phenoxy) is 2. The molecule has 1 aromatic heterocycles. The van der Waals surface area contributed by atoms with E-state index in [2.05, 4.69) is 18.7 Å². The zero-order valence-electron chi connectivity index (χ0n) is 11.9. The second-order valence-corrected chi connectivity index (χ2v) is 5.14. The van der Waals surface area contributed by atoms with E-state index in [9.17, 15) is 4.79 Å². The molecule has 0 saturated carbocycles. The predicted octanol–water partition coefficient (Wildman–Crippen LogP) is 1.98. The molecule has 2 atom stereocenters. The summed E-state index contributed by atoms with van der Waals surface area (Å²) in [6.45, 7) is 8.32. The largest absolute Gasteiger partial charge is 0.463 e. The lowest BCUT2D eigenvalue weighted by Gasteiger charge is -2.36. The molecule has 1 aliphatic heterocycles. The molecule has 0 N–H and O–H groups in total. The summed E-state index contributed by atoms with van der Waals surface area (Å²) in [5.74, 6) is 0.664. The SMILES string of the molecule is COC(=O)c1oc(CN2C[C@@H](C)OC[C@@H]2C)cc1C. The number of morpholine rings is 1. The molecule has 5 heteroatoms. The maximum absolute atomic E-state index is 11.5. The van der Waals surface area contributed by atoms with E-state index < -0.39 is 5.97 Å². The molecule has 0 amide bonds. The smallest absolute Gasteiger partial charge is 0.374 e. The van der Waals surface area contributed by atoms with Gasteiger partial charge in [0, 0.05) is 18.2 Å². The maximum atomic E-state index is 11.5. The van der Waals surface area contributed by atoms with Crippen molar-refractivity contribution in [2.45, 2.75) is 39.5 Å². The van der Waals surface area contributed by atoms with Crippen molar-refractivity contribution in [1.82, 2.24) is 4.90 Å². The van der Waals surface area contributed by atoms with E-state index in [0.717, 1.165) is 24.5 Å². The second-order valence-electron chi connectivity index (χ2n) is 5.14. The Hall–Kier alpha value is -1.33. The van der Waals surface area contributed by atoms with Gasteiger partial charge in [-0.3, -0.25) is 4.90 Å². The Morgan fingerprint density at radius 1 is 1.53 bits per heavy atom. The highest BCUT2D eigenvalue weighted by molar-refractivity contribution is 5.87. The van der Waals surface area contributed by atoms with E-state index in [1.807, 2.05) is 13.0 Å². The van der Waals surface area contributed by atoms with Crippen molar-refractivity contribution >= 4 is 5.97 Å². The lowest BCUT2D eigenvalue weighted by atomic mass is 10.2. The summed E-state index contributed by atoms with van der Waals surface area (Å²) in [5, 5.41) is 0. The molecule has 0 radical (unpaired) electrons. The molecule has 0 aliphatic carbocycles. The van der Waals surface area contributed by atoms with Gasteiger partial charge in [-0.25, -0.2) is 4.79 Å². The van der Waals surface area contributed by atoms with Gasteiger partial charge < -0.3 is 13.9 Å². The van der Waals surface area contributed by atoms with Gasteiger partial charge in [0.2, 0.25) is 5.76 Å². The summed E-state index contributed by atoms with van der Waals surface area (Å²) in [6, 6.07) is 2.25. The van der Waals surface area contributed by atoms with Gasteiger partial charge in [0.1, 0.15) is 5.76 Å². The minimum atomic E-state index is -0.424. The molecule has 5 nitrogen and oxygen atoms in total. The minimum absolute atomic E-state index is 0.229. The van der Waals surface area contributed by atoms with E-state index in [-0.39, 0.29) is 6.10 Å². The van der Waals surface area contributed by atoms with E-state index in [0.29, 0.717) is 18.3 Å². The molecule has 0 spiro atoms. The number of aryl methyl sites for hydroxylation is 1. The van der Waals surface area contributed by atoms with Crippen molar-refractivity contribution in [2.75, 3.05) is 20.3 Å². The summed E-state index contributed by atoms with van der Waals surface area (Å²) in [7, 11) is 1.36. The first-order valence-electron chi connectivity index (χ1n) is 6.54. The van der Waals surface area contributed by atoms with Gasteiger partial charge >= 0.3 is 5.97 Å². The van der Waals surface area contributed by atoms with Crippen LogP contribution in [0.1, 0.15) is 35.7 Å². The fourth-order valence-electron chi connectivity index (χ4n) is 2.31. The fourth-order valence-corrected chi connectivity index (χ4v) is 2.31. The molecule has 2 heterocycles. The Labute approximate surface area is 113 Å². The highest BCUT2D eigenvalue weighted by Gasteiger charge is 2.25.